The van der Waals surface area contributed by atoms with Gasteiger partial charge in [0.25, 0.3) is 0 Å². The maximum Gasteiger partial charge on any atom is 0.0732 e. The van der Waals surface area contributed by atoms with E-state index < -0.39 is 6.10 Å². The van der Waals surface area contributed by atoms with Crippen molar-refractivity contribution in [1.29, 1.82) is 0 Å². The molecule has 108 valence electrons. The Labute approximate surface area is 118 Å². The standard InChI is InChI=1S/C17H29NO/c1-12(2)6-11-15(19)16(18)13-7-9-14(10-8-13)17(3,4)5/h7-10,12,15-16,19H,6,11,18H2,1-5H3/t15-,16+/m0/s1. The Morgan fingerprint density at radius 1 is 1.05 bits per heavy atom. The highest BCUT2D eigenvalue weighted by Crippen LogP contribution is 2.25. The summed E-state index contributed by atoms with van der Waals surface area (Å²) in [5, 5.41) is 10.1. The quantitative estimate of drug-likeness (QED) is 0.849. The Morgan fingerprint density at radius 2 is 1.58 bits per heavy atom. The predicted octanol–water partition coefficient (Wildman–Crippen LogP) is 3.78. The molecule has 2 atom stereocenters. The summed E-state index contributed by atoms with van der Waals surface area (Å²) in [6.07, 6.45) is 1.32. The summed E-state index contributed by atoms with van der Waals surface area (Å²) in [6, 6.07) is 8.04. The van der Waals surface area contributed by atoms with Crippen molar-refractivity contribution in [3.63, 3.8) is 0 Å². The van der Waals surface area contributed by atoms with Crippen LogP contribution < -0.4 is 5.73 Å². The molecule has 0 amide bonds. The van der Waals surface area contributed by atoms with E-state index >= 15 is 0 Å². The summed E-state index contributed by atoms with van der Waals surface area (Å²) in [5.41, 5.74) is 8.60. The maximum absolute atomic E-state index is 10.1. The normalized spacial score (nSPS) is 15.6. The Balaban J connectivity index is 2.69. The Morgan fingerprint density at radius 3 is 2.00 bits per heavy atom. The molecule has 0 aliphatic carbocycles. The lowest BCUT2D eigenvalue weighted by Gasteiger charge is -2.23. The summed E-state index contributed by atoms with van der Waals surface area (Å²) in [4.78, 5) is 0. The van der Waals surface area contributed by atoms with Crippen molar-refractivity contribution in [2.45, 2.75) is 65.0 Å². The second-order valence-corrected chi connectivity index (χ2v) is 6.94. The van der Waals surface area contributed by atoms with Crippen molar-refractivity contribution >= 4 is 0 Å². The molecule has 0 unspecified atom stereocenters. The molecule has 0 spiro atoms. The fourth-order valence-corrected chi connectivity index (χ4v) is 2.11. The highest BCUT2D eigenvalue weighted by atomic mass is 16.3. The molecule has 0 saturated carbocycles. The molecule has 1 aromatic rings. The van der Waals surface area contributed by atoms with Gasteiger partial charge in [0.05, 0.1) is 12.1 Å². The Kier molecular flexibility index (Phi) is 5.57. The lowest BCUT2D eigenvalue weighted by Crippen LogP contribution is -2.26. The van der Waals surface area contributed by atoms with E-state index in [4.69, 9.17) is 5.73 Å². The van der Waals surface area contributed by atoms with Crippen molar-refractivity contribution in [1.82, 2.24) is 0 Å². The van der Waals surface area contributed by atoms with Gasteiger partial charge in [0, 0.05) is 0 Å². The third-order valence-corrected chi connectivity index (χ3v) is 3.62. The van der Waals surface area contributed by atoms with Gasteiger partial charge in [-0.15, -0.1) is 0 Å². The van der Waals surface area contributed by atoms with Gasteiger partial charge in [0.15, 0.2) is 0 Å². The van der Waals surface area contributed by atoms with Crippen LogP contribution >= 0.6 is 0 Å². The molecule has 0 aliphatic heterocycles. The fourth-order valence-electron chi connectivity index (χ4n) is 2.11. The molecule has 19 heavy (non-hydrogen) atoms. The molecular formula is C17H29NO. The van der Waals surface area contributed by atoms with Crippen LogP contribution in [0.25, 0.3) is 0 Å². The van der Waals surface area contributed by atoms with Gasteiger partial charge in [0.2, 0.25) is 0 Å². The van der Waals surface area contributed by atoms with Crippen LogP contribution in [0.15, 0.2) is 24.3 Å². The molecule has 0 bridgehead atoms. The van der Waals surface area contributed by atoms with Crippen LogP contribution in [0.3, 0.4) is 0 Å². The highest BCUT2D eigenvalue weighted by Gasteiger charge is 2.18. The third kappa shape index (κ3) is 4.96. The molecule has 1 aromatic carbocycles. The van der Waals surface area contributed by atoms with Gasteiger partial charge in [0.1, 0.15) is 0 Å². The number of rotatable bonds is 5. The molecule has 1 rings (SSSR count). The number of nitrogens with two attached hydrogens (primary N) is 1. The van der Waals surface area contributed by atoms with Crippen LogP contribution in [0.5, 0.6) is 0 Å². The van der Waals surface area contributed by atoms with E-state index in [-0.39, 0.29) is 11.5 Å². The van der Waals surface area contributed by atoms with E-state index in [0.717, 1.165) is 18.4 Å². The predicted molar refractivity (Wildman–Crippen MR) is 82.1 cm³/mol. The highest BCUT2D eigenvalue weighted by molar-refractivity contribution is 5.29. The van der Waals surface area contributed by atoms with Crippen LogP contribution in [-0.4, -0.2) is 11.2 Å². The van der Waals surface area contributed by atoms with Gasteiger partial charge in [-0.25, -0.2) is 0 Å². The van der Waals surface area contributed by atoms with Crippen molar-refractivity contribution in [3.8, 4) is 0 Å². The van der Waals surface area contributed by atoms with Crippen molar-refractivity contribution in [2.75, 3.05) is 0 Å². The summed E-state index contributed by atoms with van der Waals surface area (Å²) in [6.45, 7) is 10.9. The minimum absolute atomic E-state index is 0.152. The number of hydrogen-bond donors (Lipinski definition) is 2. The molecule has 0 saturated heterocycles. The molecule has 0 aliphatic rings. The van der Waals surface area contributed by atoms with Crippen LogP contribution in [-0.2, 0) is 5.41 Å². The van der Waals surface area contributed by atoms with Crippen LogP contribution in [0, 0.1) is 5.92 Å². The third-order valence-electron chi connectivity index (χ3n) is 3.62. The summed E-state index contributed by atoms with van der Waals surface area (Å²) < 4.78 is 0. The number of hydrogen-bond acceptors (Lipinski definition) is 2. The zero-order valence-corrected chi connectivity index (χ0v) is 13.0. The first-order valence-electron chi connectivity index (χ1n) is 7.26. The van der Waals surface area contributed by atoms with Gasteiger partial charge in [-0.05, 0) is 35.3 Å². The van der Waals surface area contributed by atoms with E-state index in [9.17, 15) is 5.11 Å². The van der Waals surface area contributed by atoms with E-state index in [2.05, 4.69) is 46.8 Å². The minimum atomic E-state index is -0.456. The molecule has 0 aromatic heterocycles. The lowest BCUT2D eigenvalue weighted by atomic mass is 9.85. The first-order chi connectivity index (χ1) is 8.71. The number of aliphatic hydroxyl groups excluding tert-OH is 1. The topological polar surface area (TPSA) is 46.2 Å². The lowest BCUT2D eigenvalue weighted by molar-refractivity contribution is 0.128. The van der Waals surface area contributed by atoms with Gasteiger partial charge in [-0.1, -0.05) is 58.9 Å². The maximum atomic E-state index is 10.1. The van der Waals surface area contributed by atoms with Crippen LogP contribution in [0.4, 0.5) is 0 Å². The average molecular weight is 263 g/mol. The van der Waals surface area contributed by atoms with Crippen molar-refractivity contribution in [2.24, 2.45) is 11.7 Å². The van der Waals surface area contributed by atoms with E-state index in [0.29, 0.717) is 5.92 Å². The molecule has 2 heteroatoms. The van der Waals surface area contributed by atoms with Crippen molar-refractivity contribution in [3.05, 3.63) is 35.4 Å². The van der Waals surface area contributed by atoms with E-state index in [1.165, 1.54) is 5.56 Å². The second-order valence-electron chi connectivity index (χ2n) is 6.94. The molecule has 2 nitrogen and oxygen atoms in total. The monoisotopic (exact) mass is 263 g/mol. The van der Waals surface area contributed by atoms with Crippen LogP contribution in [0.2, 0.25) is 0 Å². The van der Waals surface area contributed by atoms with Gasteiger partial charge >= 0.3 is 0 Å². The Hall–Kier alpha value is -0.860. The average Bonchev–Trinajstić information content (AvgIpc) is 2.34. The van der Waals surface area contributed by atoms with Crippen molar-refractivity contribution < 1.29 is 5.11 Å². The SMILES string of the molecule is CC(C)CC[C@H](O)[C@H](N)c1ccc(C(C)(C)C)cc1. The first kappa shape index (κ1) is 16.2. The van der Waals surface area contributed by atoms with E-state index in [1.807, 2.05) is 12.1 Å². The molecule has 0 fully saturated rings. The number of aliphatic hydroxyl groups is 1. The molecule has 0 radical (unpaired) electrons. The van der Waals surface area contributed by atoms with Gasteiger partial charge in [-0.2, -0.15) is 0 Å². The zero-order chi connectivity index (χ0) is 14.6. The van der Waals surface area contributed by atoms with Gasteiger partial charge < -0.3 is 10.8 Å². The fraction of sp³-hybridized carbons (Fsp3) is 0.647. The number of benzene rings is 1. The minimum Gasteiger partial charge on any atom is -0.391 e. The largest absolute Gasteiger partial charge is 0.391 e. The summed E-state index contributed by atoms with van der Waals surface area (Å²) >= 11 is 0. The summed E-state index contributed by atoms with van der Waals surface area (Å²) in [7, 11) is 0. The first-order valence-corrected chi connectivity index (χ1v) is 7.26. The summed E-state index contributed by atoms with van der Waals surface area (Å²) in [5.74, 6) is 0.602. The molecule has 3 N–H and O–H groups in total. The zero-order valence-electron chi connectivity index (χ0n) is 13.0. The van der Waals surface area contributed by atoms with Gasteiger partial charge in [-0.3, -0.25) is 0 Å². The van der Waals surface area contributed by atoms with E-state index in [1.54, 1.807) is 0 Å². The molecule has 0 heterocycles. The smallest absolute Gasteiger partial charge is 0.0732 e. The Bertz CT molecular complexity index is 375. The second kappa shape index (κ2) is 6.53. The van der Waals surface area contributed by atoms with Crippen LogP contribution in [0.1, 0.15) is 64.6 Å². The molecular weight excluding hydrogens is 234 g/mol.